The molecule has 0 saturated carbocycles. The van der Waals surface area contributed by atoms with Gasteiger partial charge in [-0.3, -0.25) is 9.48 Å². The summed E-state index contributed by atoms with van der Waals surface area (Å²) in [5.41, 5.74) is 1.18. The van der Waals surface area contributed by atoms with Crippen LogP contribution < -0.4 is 4.74 Å². The number of carbonyl (C=O) groups excluding carboxylic acids is 1. The van der Waals surface area contributed by atoms with Gasteiger partial charge in [0.05, 0.1) is 23.4 Å². The molecule has 3 heterocycles. The minimum atomic E-state index is -4.45. The number of rotatable bonds is 3. The molecule has 6 nitrogen and oxygen atoms in total. The van der Waals surface area contributed by atoms with Crippen LogP contribution in [0.2, 0.25) is 0 Å². The predicted molar refractivity (Wildman–Crippen MR) is 86.9 cm³/mol. The smallest absolute Gasteiger partial charge is 0.416 e. The molecule has 0 aliphatic carbocycles. The first-order valence-electron chi connectivity index (χ1n) is 8.16. The van der Waals surface area contributed by atoms with Crippen LogP contribution in [0.15, 0.2) is 18.3 Å². The van der Waals surface area contributed by atoms with E-state index in [2.05, 4.69) is 10.1 Å². The zero-order chi connectivity index (χ0) is 19.1. The molecular formula is C17H19F3N4O2. The van der Waals surface area contributed by atoms with E-state index in [-0.39, 0.29) is 11.8 Å². The van der Waals surface area contributed by atoms with Crippen LogP contribution >= 0.6 is 0 Å². The first-order valence-corrected chi connectivity index (χ1v) is 8.16. The van der Waals surface area contributed by atoms with E-state index in [9.17, 15) is 18.0 Å². The molecule has 1 amide bonds. The Labute approximate surface area is 148 Å². The Morgan fingerprint density at radius 3 is 2.69 bits per heavy atom. The van der Waals surface area contributed by atoms with Gasteiger partial charge in [0.25, 0.3) is 5.91 Å². The van der Waals surface area contributed by atoms with Crippen LogP contribution in [0.3, 0.4) is 0 Å². The van der Waals surface area contributed by atoms with Crippen molar-refractivity contribution in [3.8, 4) is 5.88 Å². The monoisotopic (exact) mass is 368 g/mol. The summed E-state index contributed by atoms with van der Waals surface area (Å²) in [5, 5.41) is 4.24. The van der Waals surface area contributed by atoms with Gasteiger partial charge in [-0.25, -0.2) is 4.98 Å². The molecule has 1 fully saturated rings. The summed E-state index contributed by atoms with van der Waals surface area (Å²) >= 11 is 0. The predicted octanol–water partition coefficient (Wildman–Crippen LogP) is 2.74. The highest BCUT2D eigenvalue weighted by atomic mass is 19.4. The van der Waals surface area contributed by atoms with Crippen LogP contribution in [0, 0.1) is 13.8 Å². The number of aryl methyl sites for hydroxylation is 2. The Bertz CT molecular complexity index is 832. The van der Waals surface area contributed by atoms with E-state index >= 15 is 0 Å². The molecule has 140 valence electrons. The number of likely N-dealkylation sites (tertiary alicyclic amines) is 1. The number of aromatic nitrogens is 3. The van der Waals surface area contributed by atoms with Crippen molar-refractivity contribution in [1.82, 2.24) is 19.7 Å². The van der Waals surface area contributed by atoms with Gasteiger partial charge in [0, 0.05) is 38.0 Å². The Morgan fingerprint density at radius 2 is 2.08 bits per heavy atom. The normalized spacial score (nSPS) is 17.6. The van der Waals surface area contributed by atoms with Crippen LogP contribution in [0.25, 0.3) is 0 Å². The van der Waals surface area contributed by atoms with Crippen molar-refractivity contribution in [3.05, 3.63) is 40.8 Å². The highest BCUT2D eigenvalue weighted by molar-refractivity contribution is 5.96. The Hall–Kier alpha value is -2.58. The van der Waals surface area contributed by atoms with Crippen molar-refractivity contribution in [3.63, 3.8) is 0 Å². The van der Waals surface area contributed by atoms with Crippen LogP contribution in [0.1, 0.15) is 33.7 Å². The molecule has 26 heavy (non-hydrogen) atoms. The fraction of sp³-hybridized carbons (Fsp3) is 0.471. The second kappa shape index (κ2) is 6.62. The highest BCUT2D eigenvalue weighted by Gasteiger charge is 2.33. The number of nitrogens with zero attached hydrogens (tertiary/aromatic N) is 4. The molecule has 1 saturated heterocycles. The van der Waals surface area contributed by atoms with Gasteiger partial charge in [0.15, 0.2) is 0 Å². The topological polar surface area (TPSA) is 60.2 Å². The third kappa shape index (κ3) is 3.51. The van der Waals surface area contributed by atoms with Gasteiger partial charge in [-0.1, -0.05) is 0 Å². The molecule has 1 aliphatic rings. The molecule has 2 aromatic heterocycles. The number of ether oxygens (including phenoxy) is 1. The van der Waals surface area contributed by atoms with E-state index in [1.165, 1.54) is 0 Å². The molecule has 0 spiro atoms. The fourth-order valence-electron chi connectivity index (χ4n) is 3.07. The number of hydrogen-bond acceptors (Lipinski definition) is 4. The average molecular weight is 368 g/mol. The van der Waals surface area contributed by atoms with Gasteiger partial charge in [-0.05, 0) is 19.9 Å². The van der Waals surface area contributed by atoms with Crippen LogP contribution in [0.4, 0.5) is 13.2 Å². The molecule has 3 rings (SSSR count). The van der Waals surface area contributed by atoms with Crippen molar-refractivity contribution in [2.24, 2.45) is 7.05 Å². The van der Waals surface area contributed by atoms with E-state index in [0.29, 0.717) is 30.8 Å². The van der Waals surface area contributed by atoms with Crippen LogP contribution in [0.5, 0.6) is 5.88 Å². The molecule has 0 aromatic carbocycles. The van der Waals surface area contributed by atoms with Gasteiger partial charge in [-0.2, -0.15) is 18.3 Å². The summed E-state index contributed by atoms with van der Waals surface area (Å²) in [5.74, 6) is -0.232. The lowest BCUT2D eigenvalue weighted by molar-refractivity contribution is -0.137. The van der Waals surface area contributed by atoms with Gasteiger partial charge in [0.1, 0.15) is 6.10 Å². The number of hydrogen-bond donors (Lipinski definition) is 0. The van der Waals surface area contributed by atoms with Gasteiger partial charge < -0.3 is 9.64 Å². The minimum Gasteiger partial charge on any atom is -0.472 e. The molecule has 1 atom stereocenters. The molecule has 0 radical (unpaired) electrons. The minimum absolute atomic E-state index is 0.0899. The largest absolute Gasteiger partial charge is 0.472 e. The Morgan fingerprint density at radius 1 is 1.35 bits per heavy atom. The van der Waals surface area contributed by atoms with Crippen molar-refractivity contribution in [2.75, 3.05) is 13.1 Å². The van der Waals surface area contributed by atoms with Gasteiger partial charge >= 0.3 is 6.18 Å². The molecule has 0 unspecified atom stereocenters. The number of amides is 1. The van der Waals surface area contributed by atoms with Crippen molar-refractivity contribution >= 4 is 5.91 Å². The van der Waals surface area contributed by atoms with Gasteiger partial charge in [0.2, 0.25) is 5.88 Å². The van der Waals surface area contributed by atoms with Crippen LogP contribution in [-0.4, -0.2) is 44.8 Å². The summed E-state index contributed by atoms with van der Waals surface area (Å²) in [4.78, 5) is 18.2. The molecule has 9 heteroatoms. The highest BCUT2D eigenvalue weighted by Crippen LogP contribution is 2.31. The van der Waals surface area contributed by atoms with E-state index in [4.69, 9.17) is 4.74 Å². The van der Waals surface area contributed by atoms with E-state index in [0.717, 1.165) is 24.0 Å². The first kappa shape index (κ1) is 18.2. The SMILES string of the molecule is Cc1nn(C)c(C)c1C(=O)N1CC[C@@H](Oc2cc(C(F)(F)F)ccn2)C1. The van der Waals surface area contributed by atoms with E-state index in [1.807, 2.05) is 6.92 Å². The quantitative estimate of drug-likeness (QED) is 0.836. The average Bonchev–Trinajstić information content (AvgIpc) is 3.11. The lowest BCUT2D eigenvalue weighted by atomic mass is 10.2. The van der Waals surface area contributed by atoms with Gasteiger partial charge in [-0.15, -0.1) is 0 Å². The number of carbonyl (C=O) groups is 1. The summed E-state index contributed by atoms with van der Waals surface area (Å²) in [6.45, 7) is 4.36. The number of alkyl halides is 3. The lowest BCUT2D eigenvalue weighted by Gasteiger charge is -2.17. The first-order chi connectivity index (χ1) is 12.2. The maximum absolute atomic E-state index is 12.8. The van der Waals surface area contributed by atoms with Crippen molar-refractivity contribution in [2.45, 2.75) is 32.5 Å². The lowest BCUT2D eigenvalue weighted by Crippen LogP contribution is -2.31. The summed E-state index contributed by atoms with van der Waals surface area (Å²) in [6, 6.07) is 1.77. The zero-order valence-electron chi connectivity index (χ0n) is 14.7. The molecule has 0 N–H and O–H groups in total. The Kier molecular flexibility index (Phi) is 4.64. The van der Waals surface area contributed by atoms with E-state index < -0.39 is 17.8 Å². The third-order valence-electron chi connectivity index (χ3n) is 4.50. The molecule has 1 aliphatic heterocycles. The third-order valence-corrected chi connectivity index (χ3v) is 4.50. The maximum atomic E-state index is 12.8. The summed E-state index contributed by atoms with van der Waals surface area (Å²) in [7, 11) is 1.77. The number of pyridine rings is 1. The van der Waals surface area contributed by atoms with Crippen LogP contribution in [-0.2, 0) is 13.2 Å². The standard InChI is InChI=1S/C17H19F3N4O2/c1-10-15(11(2)23(3)22-10)16(25)24-7-5-13(9-24)26-14-8-12(4-6-21-14)17(18,19)20/h4,6,8,13H,5,7,9H2,1-3H3/t13-/m1/s1. The Balaban J connectivity index is 1.68. The summed E-state index contributed by atoms with van der Waals surface area (Å²) < 4.78 is 45.5. The zero-order valence-corrected chi connectivity index (χ0v) is 14.7. The molecule has 0 bridgehead atoms. The molecule has 2 aromatic rings. The second-order valence-corrected chi connectivity index (χ2v) is 6.33. The maximum Gasteiger partial charge on any atom is 0.416 e. The number of halogens is 3. The van der Waals surface area contributed by atoms with E-state index in [1.54, 1.807) is 23.6 Å². The molecular weight excluding hydrogens is 349 g/mol. The second-order valence-electron chi connectivity index (χ2n) is 6.33. The van der Waals surface area contributed by atoms with Crippen molar-refractivity contribution in [1.29, 1.82) is 0 Å². The fourth-order valence-corrected chi connectivity index (χ4v) is 3.07. The van der Waals surface area contributed by atoms with Crippen molar-refractivity contribution < 1.29 is 22.7 Å². The summed E-state index contributed by atoms with van der Waals surface area (Å²) in [6.07, 6.45) is -3.25.